The number of aromatic nitrogens is 3. The Balaban J connectivity index is 2.15. The number of hydrogen-bond donors (Lipinski definition) is 1. The van der Waals surface area contributed by atoms with Gasteiger partial charge in [0.05, 0.1) is 11.8 Å². The summed E-state index contributed by atoms with van der Waals surface area (Å²) in [5, 5.41) is 16.4. The van der Waals surface area contributed by atoms with Crippen LogP contribution in [0.5, 0.6) is 11.6 Å². The third kappa shape index (κ3) is 3.50. The van der Waals surface area contributed by atoms with E-state index >= 15 is 0 Å². The molecule has 2 rings (SSSR count). The highest BCUT2D eigenvalue weighted by Gasteiger charge is 2.11. The van der Waals surface area contributed by atoms with Crippen molar-refractivity contribution < 1.29 is 19.4 Å². The van der Waals surface area contributed by atoms with E-state index in [1.165, 1.54) is 35.5 Å². The van der Waals surface area contributed by atoms with Crippen molar-refractivity contribution in [1.29, 1.82) is 0 Å². The van der Waals surface area contributed by atoms with Crippen molar-refractivity contribution in [1.82, 2.24) is 20.1 Å². The fourth-order valence-corrected chi connectivity index (χ4v) is 1.43. The van der Waals surface area contributed by atoms with E-state index in [1.807, 2.05) is 0 Å². The molecule has 21 heavy (non-hydrogen) atoms. The molecule has 0 spiro atoms. The molecule has 8 nitrogen and oxygen atoms in total. The van der Waals surface area contributed by atoms with Gasteiger partial charge in [-0.15, -0.1) is 10.2 Å². The molecule has 1 amide bonds. The van der Waals surface area contributed by atoms with Crippen molar-refractivity contribution in [3.8, 4) is 11.6 Å². The molecule has 0 saturated heterocycles. The lowest BCUT2D eigenvalue weighted by atomic mass is 10.3. The summed E-state index contributed by atoms with van der Waals surface area (Å²) in [7, 11) is 3.22. The SMILES string of the molecule is CN(C)C(=O)c1ccc(Oc2cncc(C(=O)O)c2)nn1. The van der Waals surface area contributed by atoms with Crippen molar-refractivity contribution in [2.45, 2.75) is 0 Å². The number of nitrogens with zero attached hydrogens (tertiary/aromatic N) is 4. The minimum atomic E-state index is -1.11. The topological polar surface area (TPSA) is 106 Å². The van der Waals surface area contributed by atoms with Gasteiger partial charge in [0.15, 0.2) is 5.69 Å². The first-order valence-corrected chi connectivity index (χ1v) is 5.89. The summed E-state index contributed by atoms with van der Waals surface area (Å²) in [6, 6.07) is 4.26. The van der Waals surface area contributed by atoms with Gasteiger partial charge in [-0.3, -0.25) is 9.78 Å². The zero-order valence-corrected chi connectivity index (χ0v) is 11.3. The number of amides is 1. The Bertz CT molecular complexity index is 670. The van der Waals surface area contributed by atoms with Crippen LogP contribution in [0.25, 0.3) is 0 Å². The summed E-state index contributed by atoms with van der Waals surface area (Å²) in [5.74, 6) is -1.03. The van der Waals surface area contributed by atoms with Crippen molar-refractivity contribution in [3.05, 3.63) is 41.9 Å². The van der Waals surface area contributed by atoms with E-state index in [1.54, 1.807) is 14.1 Å². The molecule has 0 fully saturated rings. The van der Waals surface area contributed by atoms with Gasteiger partial charge >= 0.3 is 5.97 Å². The van der Waals surface area contributed by atoms with Gasteiger partial charge in [-0.2, -0.15) is 0 Å². The molecule has 0 radical (unpaired) electrons. The average molecular weight is 288 g/mol. The Morgan fingerprint density at radius 2 is 1.95 bits per heavy atom. The van der Waals surface area contributed by atoms with E-state index in [4.69, 9.17) is 9.84 Å². The van der Waals surface area contributed by atoms with Gasteiger partial charge in [-0.1, -0.05) is 0 Å². The van der Waals surface area contributed by atoms with Gasteiger partial charge in [0.2, 0.25) is 5.88 Å². The molecule has 0 aliphatic carbocycles. The van der Waals surface area contributed by atoms with Gasteiger partial charge in [0.1, 0.15) is 5.75 Å². The van der Waals surface area contributed by atoms with Crippen LogP contribution in [0.4, 0.5) is 0 Å². The molecule has 8 heteroatoms. The zero-order chi connectivity index (χ0) is 15.4. The molecular formula is C13H12N4O4. The predicted molar refractivity (Wildman–Crippen MR) is 71.3 cm³/mol. The maximum Gasteiger partial charge on any atom is 0.337 e. The average Bonchev–Trinajstić information content (AvgIpc) is 2.47. The van der Waals surface area contributed by atoms with Crippen LogP contribution in [0, 0.1) is 0 Å². The Hall–Kier alpha value is -3.03. The van der Waals surface area contributed by atoms with Crippen molar-refractivity contribution in [2.75, 3.05) is 14.1 Å². The molecule has 2 heterocycles. The van der Waals surface area contributed by atoms with Crippen LogP contribution in [0.3, 0.4) is 0 Å². The second-order valence-electron chi connectivity index (χ2n) is 4.27. The molecule has 0 saturated carbocycles. The van der Waals surface area contributed by atoms with E-state index < -0.39 is 5.97 Å². The Kier molecular flexibility index (Phi) is 4.07. The van der Waals surface area contributed by atoms with Crippen molar-refractivity contribution in [2.24, 2.45) is 0 Å². The summed E-state index contributed by atoms with van der Waals surface area (Å²) in [6.45, 7) is 0. The second kappa shape index (κ2) is 5.95. The van der Waals surface area contributed by atoms with Gasteiger partial charge in [0, 0.05) is 26.4 Å². The van der Waals surface area contributed by atoms with Crippen molar-refractivity contribution >= 4 is 11.9 Å². The second-order valence-corrected chi connectivity index (χ2v) is 4.27. The minimum Gasteiger partial charge on any atom is -0.478 e. The Morgan fingerprint density at radius 3 is 2.52 bits per heavy atom. The summed E-state index contributed by atoms with van der Waals surface area (Å²) in [4.78, 5) is 27.6. The standard InChI is InChI=1S/C13H12N4O4/c1-17(2)12(18)10-3-4-11(16-15-10)21-9-5-8(13(19)20)6-14-7-9/h3-7H,1-2H3,(H,19,20). The first-order chi connectivity index (χ1) is 9.97. The zero-order valence-electron chi connectivity index (χ0n) is 11.3. The van der Waals surface area contributed by atoms with Crippen molar-refractivity contribution in [3.63, 3.8) is 0 Å². The highest BCUT2D eigenvalue weighted by Crippen LogP contribution is 2.18. The van der Waals surface area contributed by atoms with Crippen LogP contribution in [-0.2, 0) is 0 Å². The molecule has 0 aliphatic rings. The number of ether oxygens (including phenoxy) is 1. The summed E-state index contributed by atoms with van der Waals surface area (Å²) in [5.41, 5.74) is 0.185. The van der Waals surface area contributed by atoms with E-state index in [-0.39, 0.29) is 28.8 Å². The van der Waals surface area contributed by atoms with Crippen LogP contribution < -0.4 is 4.74 Å². The van der Waals surface area contributed by atoms with Gasteiger partial charge in [-0.25, -0.2) is 4.79 Å². The van der Waals surface area contributed by atoms with Crippen LogP contribution in [0.1, 0.15) is 20.8 Å². The molecule has 2 aromatic rings. The molecule has 0 aliphatic heterocycles. The monoisotopic (exact) mass is 288 g/mol. The smallest absolute Gasteiger partial charge is 0.337 e. The van der Waals surface area contributed by atoms with E-state index in [0.29, 0.717) is 0 Å². The quantitative estimate of drug-likeness (QED) is 0.896. The van der Waals surface area contributed by atoms with Gasteiger partial charge < -0.3 is 14.7 Å². The number of hydrogen-bond acceptors (Lipinski definition) is 6. The first-order valence-electron chi connectivity index (χ1n) is 5.89. The largest absolute Gasteiger partial charge is 0.478 e. The number of carboxylic acid groups (broad SMARTS) is 1. The number of aromatic carboxylic acids is 1. The Labute approximate surface area is 120 Å². The third-order valence-electron chi connectivity index (χ3n) is 2.45. The maximum atomic E-state index is 11.6. The van der Waals surface area contributed by atoms with Gasteiger partial charge in [0.25, 0.3) is 5.91 Å². The third-order valence-corrected chi connectivity index (χ3v) is 2.45. The fourth-order valence-electron chi connectivity index (χ4n) is 1.43. The highest BCUT2D eigenvalue weighted by molar-refractivity contribution is 5.91. The number of carbonyl (C=O) groups excluding carboxylic acids is 1. The van der Waals surface area contributed by atoms with E-state index in [2.05, 4.69) is 15.2 Å². The molecule has 0 unspecified atom stereocenters. The molecule has 0 atom stereocenters. The normalized spacial score (nSPS) is 10.0. The lowest BCUT2D eigenvalue weighted by molar-refractivity contribution is 0.0695. The predicted octanol–water partition coefficient (Wildman–Crippen LogP) is 1.06. The number of carboxylic acids is 1. The number of rotatable bonds is 4. The van der Waals surface area contributed by atoms with Crippen LogP contribution >= 0.6 is 0 Å². The van der Waals surface area contributed by atoms with Gasteiger partial charge in [-0.05, 0) is 12.1 Å². The number of carbonyl (C=O) groups is 2. The minimum absolute atomic E-state index is 0.000125. The van der Waals surface area contributed by atoms with Crippen LogP contribution in [-0.4, -0.2) is 51.2 Å². The molecule has 0 bridgehead atoms. The number of pyridine rings is 1. The summed E-state index contributed by atoms with van der Waals surface area (Å²) < 4.78 is 5.34. The Morgan fingerprint density at radius 1 is 1.19 bits per heavy atom. The molecule has 108 valence electrons. The molecule has 1 N–H and O–H groups in total. The van der Waals surface area contributed by atoms with Crippen LogP contribution in [0.15, 0.2) is 30.6 Å². The highest BCUT2D eigenvalue weighted by atomic mass is 16.5. The fraction of sp³-hybridized carbons (Fsp3) is 0.154. The maximum absolute atomic E-state index is 11.6. The lowest BCUT2D eigenvalue weighted by Crippen LogP contribution is -2.23. The molecule has 2 aromatic heterocycles. The molecule has 0 aromatic carbocycles. The molecular weight excluding hydrogens is 276 g/mol. The van der Waals surface area contributed by atoms with E-state index in [0.717, 1.165) is 0 Å². The lowest BCUT2D eigenvalue weighted by Gasteiger charge is -2.09. The summed E-state index contributed by atoms with van der Waals surface area (Å²) >= 11 is 0. The van der Waals surface area contributed by atoms with Crippen LogP contribution in [0.2, 0.25) is 0 Å². The first kappa shape index (κ1) is 14.4. The summed E-state index contributed by atoms with van der Waals surface area (Å²) in [6.07, 6.45) is 2.56. The van der Waals surface area contributed by atoms with E-state index in [9.17, 15) is 9.59 Å².